The second-order valence-electron chi connectivity index (χ2n) is 2.35. The van der Waals surface area contributed by atoms with Crippen molar-refractivity contribution in [3.63, 3.8) is 0 Å². The fourth-order valence-corrected chi connectivity index (χ4v) is 0.956. The highest BCUT2D eigenvalue weighted by Gasteiger charge is 1.91. The van der Waals surface area contributed by atoms with Crippen molar-refractivity contribution < 1.29 is 0 Å². The Bertz CT molecular complexity index is 469. The van der Waals surface area contributed by atoms with Gasteiger partial charge in [0.15, 0.2) is 5.43 Å². The second-order valence-corrected chi connectivity index (χ2v) is 2.35. The molecule has 0 unspecified atom stereocenters. The van der Waals surface area contributed by atoms with Gasteiger partial charge in [0.2, 0.25) is 0 Å². The van der Waals surface area contributed by atoms with Gasteiger partial charge >= 0.3 is 0 Å². The van der Waals surface area contributed by atoms with Crippen molar-refractivity contribution in [2.45, 2.75) is 0 Å². The van der Waals surface area contributed by atoms with Gasteiger partial charge in [-0.15, -0.1) is 10.2 Å². The van der Waals surface area contributed by atoms with Crippen molar-refractivity contribution in [2.75, 3.05) is 0 Å². The molecule has 1 aromatic carbocycles. The maximum atomic E-state index is 11.0. The third-order valence-electron chi connectivity index (χ3n) is 1.51. The molecule has 1 heterocycles. The first-order valence-corrected chi connectivity index (χ1v) is 3.45. The molecule has 2 aromatic rings. The molecule has 0 aliphatic carbocycles. The normalized spacial score (nSPS) is 10.0. The molecule has 2 rings (SSSR count). The molecular weight excluding hydrogens is 154 g/mol. The summed E-state index contributed by atoms with van der Waals surface area (Å²) < 4.78 is 0. The highest BCUT2D eigenvalue weighted by molar-refractivity contribution is 5.75. The van der Waals surface area contributed by atoms with E-state index in [1.54, 1.807) is 18.3 Å². The Morgan fingerprint density at radius 3 is 3.08 bits per heavy atom. The summed E-state index contributed by atoms with van der Waals surface area (Å²) >= 11 is 0. The van der Waals surface area contributed by atoms with Crippen LogP contribution in [0.15, 0.2) is 35.3 Å². The third-order valence-corrected chi connectivity index (χ3v) is 1.51. The van der Waals surface area contributed by atoms with Crippen LogP contribution < -0.4 is 5.43 Å². The topological polar surface area (TPSA) is 55.7 Å². The van der Waals surface area contributed by atoms with Crippen LogP contribution in [0.4, 0.5) is 0 Å². The van der Waals surface area contributed by atoms with Gasteiger partial charge in [0.05, 0.1) is 6.20 Å². The molecule has 0 spiro atoms. The molecule has 1 aromatic heterocycles. The van der Waals surface area contributed by atoms with Gasteiger partial charge in [-0.25, -0.2) is 0 Å². The SMILES string of the molecule is O=c1cccc2cnnnc2c1. The molecule has 12 heavy (non-hydrogen) atoms. The predicted molar refractivity (Wildman–Crippen MR) is 43.6 cm³/mol. The molecule has 0 fully saturated rings. The van der Waals surface area contributed by atoms with Crippen molar-refractivity contribution in [1.82, 2.24) is 15.4 Å². The van der Waals surface area contributed by atoms with Crippen LogP contribution >= 0.6 is 0 Å². The monoisotopic (exact) mass is 159 g/mol. The van der Waals surface area contributed by atoms with E-state index in [-0.39, 0.29) is 5.43 Å². The van der Waals surface area contributed by atoms with Crippen LogP contribution in [-0.4, -0.2) is 15.4 Å². The van der Waals surface area contributed by atoms with Crippen LogP contribution in [0.5, 0.6) is 0 Å². The number of rotatable bonds is 0. The summed E-state index contributed by atoms with van der Waals surface area (Å²) in [6.45, 7) is 0. The van der Waals surface area contributed by atoms with E-state index in [9.17, 15) is 4.79 Å². The zero-order valence-electron chi connectivity index (χ0n) is 6.14. The predicted octanol–water partition coefficient (Wildman–Crippen LogP) is 0.385. The Kier molecular flexibility index (Phi) is 1.51. The average Bonchev–Trinajstić information content (AvgIpc) is 2.25. The minimum absolute atomic E-state index is 0.0782. The van der Waals surface area contributed by atoms with Crippen molar-refractivity contribution in [1.29, 1.82) is 0 Å². The summed E-state index contributed by atoms with van der Waals surface area (Å²) in [6, 6.07) is 6.36. The summed E-state index contributed by atoms with van der Waals surface area (Å²) in [5.74, 6) is 0. The van der Waals surface area contributed by atoms with Crippen LogP contribution in [0.3, 0.4) is 0 Å². The van der Waals surface area contributed by atoms with Gasteiger partial charge in [-0.2, -0.15) is 0 Å². The first kappa shape index (κ1) is 6.84. The minimum atomic E-state index is -0.0782. The number of aromatic nitrogens is 3. The highest BCUT2D eigenvalue weighted by Crippen LogP contribution is 2.02. The fraction of sp³-hybridized carbons (Fsp3) is 0. The Morgan fingerprint density at radius 2 is 2.17 bits per heavy atom. The lowest BCUT2D eigenvalue weighted by Crippen LogP contribution is -1.91. The lowest BCUT2D eigenvalue weighted by molar-refractivity contribution is 0.896. The first-order valence-electron chi connectivity index (χ1n) is 3.45. The third kappa shape index (κ3) is 1.14. The minimum Gasteiger partial charge on any atom is -0.290 e. The van der Waals surface area contributed by atoms with E-state index in [1.165, 1.54) is 12.1 Å². The standard InChI is InChI=1S/C8H5N3O/c12-7-3-1-2-6-5-9-11-10-8(6)4-7/h1-5H. The molecule has 0 bridgehead atoms. The number of hydrogen-bond donors (Lipinski definition) is 0. The Balaban J connectivity index is 2.98. The maximum absolute atomic E-state index is 11.0. The lowest BCUT2D eigenvalue weighted by Gasteiger charge is -1.84. The van der Waals surface area contributed by atoms with Gasteiger partial charge < -0.3 is 0 Å². The van der Waals surface area contributed by atoms with Crippen molar-refractivity contribution in [3.05, 3.63) is 40.7 Å². The van der Waals surface area contributed by atoms with Gasteiger partial charge in [0, 0.05) is 11.5 Å². The van der Waals surface area contributed by atoms with Gasteiger partial charge in [0.25, 0.3) is 0 Å². The molecule has 58 valence electrons. The van der Waals surface area contributed by atoms with E-state index in [0.29, 0.717) is 5.52 Å². The molecule has 0 N–H and O–H groups in total. The van der Waals surface area contributed by atoms with Crippen LogP contribution in [0.2, 0.25) is 0 Å². The van der Waals surface area contributed by atoms with E-state index < -0.39 is 0 Å². The quantitative estimate of drug-likeness (QED) is 0.557. The lowest BCUT2D eigenvalue weighted by atomic mass is 10.3. The van der Waals surface area contributed by atoms with Crippen molar-refractivity contribution in [3.8, 4) is 0 Å². The molecule has 0 atom stereocenters. The van der Waals surface area contributed by atoms with Crippen molar-refractivity contribution in [2.24, 2.45) is 0 Å². The molecule has 0 saturated heterocycles. The van der Waals surface area contributed by atoms with E-state index >= 15 is 0 Å². The number of fused-ring (bicyclic) bond motifs is 1. The molecule has 0 amide bonds. The smallest absolute Gasteiger partial charge is 0.180 e. The zero-order chi connectivity index (χ0) is 8.39. The van der Waals surface area contributed by atoms with Crippen LogP contribution in [0, 0.1) is 0 Å². The maximum Gasteiger partial charge on any atom is 0.180 e. The van der Waals surface area contributed by atoms with E-state index in [4.69, 9.17) is 0 Å². The van der Waals surface area contributed by atoms with E-state index in [1.807, 2.05) is 0 Å². The van der Waals surface area contributed by atoms with Crippen LogP contribution in [-0.2, 0) is 0 Å². The molecular formula is C8H5N3O. The molecule has 0 saturated carbocycles. The summed E-state index contributed by atoms with van der Waals surface area (Å²) in [5, 5.41) is 11.6. The molecule has 0 radical (unpaired) electrons. The van der Waals surface area contributed by atoms with Gasteiger partial charge in [-0.05, 0) is 11.3 Å². The van der Waals surface area contributed by atoms with E-state index in [0.717, 1.165) is 5.39 Å². The first-order chi connectivity index (χ1) is 5.86. The summed E-state index contributed by atoms with van der Waals surface area (Å²) in [5.41, 5.74) is 0.491. The van der Waals surface area contributed by atoms with E-state index in [2.05, 4.69) is 15.4 Å². The van der Waals surface area contributed by atoms with Crippen LogP contribution in [0.1, 0.15) is 0 Å². The van der Waals surface area contributed by atoms with Crippen LogP contribution in [0.25, 0.3) is 10.9 Å². The molecule has 0 aliphatic heterocycles. The average molecular weight is 159 g/mol. The summed E-state index contributed by atoms with van der Waals surface area (Å²) in [4.78, 5) is 11.0. The summed E-state index contributed by atoms with van der Waals surface area (Å²) in [7, 11) is 0. The Hall–Kier alpha value is -1.84. The highest BCUT2D eigenvalue weighted by atomic mass is 16.1. The zero-order valence-corrected chi connectivity index (χ0v) is 6.14. The Labute approximate surface area is 67.9 Å². The number of nitrogens with zero attached hydrogens (tertiary/aromatic N) is 3. The Morgan fingerprint density at radius 1 is 1.25 bits per heavy atom. The number of hydrogen-bond acceptors (Lipinski definition) is 4. The molecule has 4 heteroatoms. The van der Waals surface area contributed by atoms with Gasteiger partial charge in [-0.1, -0.05) is 12.1 Å². The largest absolute Gasteiger partial charge is 0.290 e. The summed E-state index contributed by atoms with van der Waals surface area (Å²) in [6.07, 6.45) is 1.57. The molecule has 4 nitrogen and oxygen atoms in total. The second kappa shape index (κ2) is 2.65. The van der Waals surface area contributed by atoms with Gasteiger partial charge in [-0.3, -0.25) is 4.79 Å². The van der Waals surface area contributed by atoms with Gasteiger partial charge in [0.1, 0.15) is 5.52 Å². The molecule has 0 aliphatic rings. The van der Waals surface area contributed by atoms with Crippen molar-refractivity contribution >= 4 is 10.9 Å². The fourth-order valence-electron chi connectivity index (χ4n) is 0.956.